The molecule has 0 aliphatic carbocycles. The molecule has 1 aliphatic heterocycles. The van der Waals surface area contributed by atoms with Gasteiger partial charge in [-0.1, -0.05) is 26.2 Å². The highest BCUT2D eigenvalue weighted by Crippen LogP contribution is 2.18. The van der Waals surface area contributed by atoms with Gasteiger partial charge in [-0.2, -0.15) is 0 Å². The summed E-state index contributed by atoms with van der Waals surface area (Å²) in [6.45, 7) is 9.84. The molecule has 1 rings (SSSR count). The SMILES string of the molecule is CCCCCCN=C(NCC)NCCC1CCN(C)CC1. The number of hydrogen-bond donors (Lipinski definition) is 2. The van der Waals surface area contributed by atoms with Crippen molar-refractivity contribution in [2.24, 2.45) is 10.9 Å². The lowest BCUT2D eigenvalue weighted by Crippen LogP contribution is -2.39. The second-order valence-corrected chi connectivity index (χ2v) is 6.28. The largest absolute Gasteiger partial charge is 0.357 e. The van der Waals surface area contributed by atoms with Crippen molar-refractivity contribution in [3.63, 3.8) is 0 Å². The number of unbranched alkanes of at least 4 members (excludes halogenated alkanes) is 3. The van der Waals surface area contributed by atoms with Crippen molar-refractivity contribution in [2.45, 2.75) is 58.8 Å². The number of nitrogens with zero attached hydrogens (tertiary/aromatic N) is 2. The van der Waals surface area contributed by atoms with Crippen LogP contribution in [0.5, 0.6) is 0 Å². The van der Waals surface area contributed by atoms with Crippen LogP contribution in [0.1, 0.15) is 58.8 Å². The minimum Gasteiger partial charge on any atom is -0.357 e. The quantitative estimate of drug-likeness (QED) is 0.390. The van der Waals surface area contributed by atoms with Crippen molar-refractivity contribution in [1.82, 2.24) is 15.5 Å². The average molecular weight is 297 g/mol. The summed E-state index contributed by atoms with van der Waals surface area (Å²) in [6.07, 6.45) is 9.10. The Bertz CT molecular complexity index is 270. The Hall–Kier alpha value is -0.770. The molecule has 0 bridgehead atoms. The zero-order valence-electron chi connectivity index (χ0n) is 14.5. The summed E-state index contributed by atoms with van der Waals surface area (Å²) in [5.74, 6) is 1.89. The van der Waals surface area contributed by atoms with E-state index in [-0.39, 0.29) is 0 Å². The molecule has 0 atom stereocenters. The molecule has 0 radical (unpaired) electrons. The van der Waals surface area contributed by atoms with Gasteiger partial charge >= 0.3 is 0 Å². The van der Waals surface area contributed by atoms with Crippen LogP contribution in [0.15, 0.2) is 4.99 Å². The molecular formula is C17H36N4. The van der Waals surface area contributed by atoms with Gasteiger partial charge in [0.05, 0.1) is 0 Å². The molecule has 124 valence electrons. The zero-order valence-corrected chi connectivity index (χ0v) is 14.5. The second-order valence-electron chi connectivity index (χ2n) is 6.28. The van der Waals surface area contributed by atoms with E-state index >= 15 is 0 Å². The Balaban J connectivity index is 2.16. The summed E-state index contributed by atoms with van der Waals surface area (Å²) < 4.78 is 0. The van der Waals surface area contributed by atoms with E-state index in [1.165, 1.54) is 58.0 Å². The molecule has 2 N–H and O–H groups in total. The standard InChI is InChI=1S/C17H36N4/c1-4-6-7-8-12-19-17(18-5-2)20-13-9-16-10-14-21(3)15-11-16/h16H,4-15H2,1-3H3,(H2,18,19,20). The highest BCUT2D eigenvalue weighted by Gasteiger charge is 2.16. The van der Waals surface area contributed by atoms with Crippen molar-refractivity contribution in [3.8, 4) is 0 Å². The fourth-order valence-electron chi connectivity index (χ4n) is 2.82. The zero-order chi connectivity index (χ0) is 15.3. The van der Waals surface area contributed by atoms with Gasteiger partial charge in [-0.15, -0.1) is 0 Å². The van der Waals surface area contributed by atoms with Gasteiger partial charge in [0.15, 0.2) is 5.96 Å². The molecule has 1 heterocycles. The Morgan fingerprint density at radius 2 is 1.86 bits per heavy atom. The molecule has 1 aliphatic rings. The first-order valence-electron chi connectivity index (χ1n) is 8.97. The van der Waals surface area contributed by atoms with Crippen LogP contribution < -0.4 is 10.6 Å². The van der Waals surface area contributed by atoms with Crippen molar-refractivity contribution in [3.05, 3.63) is 0 Å². The number of piperidine rings is 1. The topological polar surface area (TPSA) is 39.7 Å². The highest BCUT2D eigenvalue weighted by molar-refractivity contribution is 5.79. The number of guanidine groups is 1. The number of rotatable bonds is 9. The third-order valence-corrected chi connectivity index (χ3v) is 4.31. The average Bonchev–Trinajstić information content (AvgIpc) is 2.49. The smallest absolute Gasteiger partial charge is 0.191 e. The first-order valence-corrected chi connectivity index (χ1v) is 8.97. The summed E-state index contributed by atoms with van der Waals surface area (Å²) in [5.41, 5.74) is 0. The maximum Gasteiger partial charge on any atom is 0.191 e. The molecule has 0 aromatic rings. The van der Waals surface area contributed by atoms with E-state index in [4.69, 9.17) is 0 Å². The molecular weight excluding hydrogens is 260 g/mol. The van der Waals surface area contributed by atoms with Crippen molar-refractivity contribution in [2.75, 3.05) is 39.8 Å². The van der Waals surface area contributed by atoms with Gasteiger partial charge < -0.3 is 15.5 Å². The van der Waals surface area contributed by atoms with E-state index in [0.29, 0.717) is 0 Å². The summed E-state index contributed by atoms with van der Waals surface area (Å²) >= 11 is 0. The Labute approximate surface area is 131 Å². The third kappa shape index (κ3) is 8.97. The predicted molar refractivity (Wildman–Crippen MR) is 93.0 cm³/mol. The molecule has 0 spiro atoms. The third-order valence-electron chi connectivity index (χ3n) is 4.31. The monoisotopic (exact) mass is 296 g/mol. The molecule has 0 aromatic carbocycles. The van der Waals surface area contributed by atoms with Crippen molar-refractivity contribution < 1.29 is 0 Å². The molecule has 21 heavy (non-hydrogen) atoms. The number of nitrogens with one attached hydrogen (secondary N) is 2. The van der Waals surface area contributed by atoms with E-state index < -0.39 is 0 Å². The lowest BCUT2D eigenvalue weighted by Gasteiger charge is -2.29. The van der Waals surface area contributed by atoms with E-state index in [2.05, 4.69) is 41.4 Å². The van der Waals surface area contributed by atoms with Crippen LogP contribution in [-0.2, 0) is 0 Å². The Kier molecular flexibility index (Phi) is 10.3. The minimum atomic E-state index is 0.890. The predicted octanol–water partition coefficient (Wildman–Crippen LogP) is 2.85. The maximum atomic E-state index is 4.67. The van der Waals surface area contributed by atoms with Crippen LogP contribution in [0.4, 0.5) is 0 Å². The van der Waals surface area contributed by atoms with E-state index in [1.807, 2.05) is 0 Å². The van der Waals surface area contributed by atoms with Gasteiger partial charge in [0.2, 0.25) is 0 Å². The van der Waals surface area contributed by atoms with Gasteiger partial charge in [0.1, 0.15) is 0 Å². The number of hydrogen-bond acceptors (Lipinski definition) is 2. The molecule has 4 heteroatoms. The molecule has 4 nitrogen and oxygen atoms in total. The van der Waals surface area contributed by atoms with Gasteiger partial charge in [0, 0.05) is 19.6 Å². The fraction of sp³-hybridized carbons (Fsp3) is 0.941. The molecule has 1 fully saturated rings. The van der Waals surface area contributed by atoms with Crippen LogP contribution in [0.2, 0.25) is 0 Å². The van der Waals surface area contributed by atoms with Crippen LogP contribution in [0.25, 0.3) is 0 Å². The highest BCUT2D eigenvalue weighted by atomic mass is 15.2. The summed E-state index contributed by atoms with van der Waals surface area (Å²) in [7, 11) is 2.23. The van der Waals surface area contributed by atoms with E-state index in [0.717, 1.165) is 31.5 Å². The fourth-order valence-corrected chi connectivity index (χ4v) is 2.82. The number of likely N-dealkylation sites (tertiary alicyclic amines) is 1. The second kappa shape index (κ2) is 11.8. The Morgan fingerprint density at radius 3 is 2.52 bits per heavy atom. The first-order chi connectivity index (χ1) is 10.3. The normalized spacial score (nSPS) is 18.0. The lowest BCUT2D eigenvalue weighted by molar-refractivity contribution is 0.213. The molecule has 1 saturated heterocycles. The van der Waals surface area contributed by atoms with E-state index in [9.17, 15) is 0 Å². The van der Waals surface area contributed by atoms with Crippen LogP contribution in [0.3, 0.4) is 0 Å². The summed E-state index contributed by atoms with van der Waals surface area (Å²) in [6, 6.07) is 0. The molecule has 0 saturated carbocycles. The molecule has 0 aromatic heterocycles. The van der Waals surface area contributed by atoms with Gasteiger partial charge in [0.25, 0.3) is 0 Å². The molecule has 0 amide bonds. The summed E-state index contributed by atoms with van der Waals surface area (Å²) in [4.78, 5) is 7.10. The molecule has 0 unspecified atom stereocenters. The number of aliphatic imine (C=N–C) groups is 1. The van der Waals surface area contributed by atoms with Crippen molar-refractivity contribution >= 4 is 5.96 Å². The van der Waals surface area contributed by atoms with Crippen LogP contribution in [-0.4, -0.2) is 50.6 Å². The van der Waals surface area contributed by atoms with Gasteiger partial charge in [-0.25, -0.2) is 0 Å². The van der Waals surface area contributed by atoms with Gasteiger partial charge in [-0.3, -0.25) is 4.99 Å². The van der Waals surface area contributed by atoms with Gasteiger partial charge in [-0.05, 0) is 58.7 Å². The Morgan fingerprint density at radius 1 is 1.10 bits per heavy atom. The summed E-state index contributed by atoms with van der Waals surface area (Å²) in [5, 5.41) is 6.84. The minimum absolute atomic E-state index is 0.890. The van der Waals surface area contributed by atoms with E-state index in [1.54, 1.807) is 0 Å². The van der Waals surface area contributed by atoms with Crippen LogP contribution >= 0.6 is 0 Å². The lowest BCUT2D eigenvalue weighted by atomic mass is 9.94. The first kappa shape index (κ1) is 18.3. The maximum absolute atomic E-state index is 4.67. The van der Waals surface area contributed by atoms with Crippen molar-refractivity contribution in [1.29, 1.82) is 0 Å². The van der Waals surface area contributed by atoms with Crippen LogP contribution in [0, 0.1) is 5.92 Å².